The van der Waals surface area contributed by atoms with E-state index in [1.807, 2.05) is 58.9 Å². The summed E-state index contributed by atoms with van der Waals surface area (Å²) in [5.41, 5.74) is 2.71. The molecule has 0 aliphatic rings. The molecule has 7 nitrogen and oxygen atoms in total. The lowest BCUT2D eigenvalue weighted by molar-refractivity contribution is -0.142. The van der Waals surface area contributed by atoms with Crippen molar-refractivity contribution in [3.8, 4) is 0 Å². The molecule has 0 aliphatic carbocycles. The first kappa shape index (κ1) is 30.6. The van der Waals surface area contributed by atoms with Crippen molar-refractivity contribution in [2.24, 2.45) is 0 Å². The lowest BCUT2D eigenvalue weighted by atomic mass is 10.0. The van der Waals surface area contributed by atoms with Crippen molar-refractivity contribution in [3.63, 3.8) is 0 Å². The smallest absolute Gasteiger partial charge is 0.243 e. The molecule has 204 valence electrons. The van der Waals surface area contributed by atoms with Crippen LogP contribution in [0, 0.1) is 13.8 Å². The fourth-order valence-electron chi connectivity index (χ4n) is 4.19. The highest BCUT2D eigenvalue weighted by molar-refractivity contribution is 7.92. The SMILES string of the molecule is CC[C@H](C(=O)NC(C)(C)C)N(Cc1ccccc1C)C(=O)CCCN(c1cccc(Cl)c1C)S(C)(=O)=O. The number of carbonyl (C=O) groups excluding carboxylic acids is 2. The maximum absolute atomic E-state index is 13.6. The number of nitrogens with zero attached hydrogens (tertiary/aromatic N) is 2. The normalized spacial score (nSPS) is 12.6. The number of rotatable bonds is 11. The molecule has 0 heterocycles. The van der Waals surface area contributed by atoms with E-state index in [1.165, 1.54) is 4.31 Å². The Morgan fingerprint density at radius 1 is 1.05 bits per heavy atom. The van der Waals surface area contributed by atoms with Gasteiger partial charge in [-0.1, -0.05) is 48.9 Å². The third-order valence-corrected chi connectivity index (χ3v) is 7.74. The topological polar surface area (TPSA) is 86.8 Å². The Morgan fingerprint density at radius 2 is 1.70 bits per heavy atom. The van der Waals surface area contributed by atoms with E-state index in [1.54, 1.807) is 30.0 Å². The molecule has 1 N–H and O–H groups in total. The number of aryl methyl sites for hydroxylation is 1. The van der Waals surface area contributed by atoms with Crippen LogP contribution in [0.3, 0.4) is 0 Å². The zero-order valence-electron chi connectivity index (χ0n) is 23.0. The number of sulfonamides is 1. The zero-order chi connectivity index (χ0) is 28.0. The number of nitrogens with one attached hydrogen (secondary N) is 1. The average Bonchev–Trinajstić information content (AvgIpc) is 2.78. The van der Waals surface area contributed by atoms with Crippen molar-refractivity contribution in [3.05, 3.63) is 64.2 Å². The molecule has 0 radical (unpaired) electrons. The minimum atomic E-state index is -3.60. The van der Waals surface area contributed by atoms with Gasteiger partial charge in [-0.25, -0.2) is 8.42 Å². The van der Waals surface area contributed by atoms with Crippen LogP contribution in [0.1, 0.15) is 63.6 Å². The van der Waals surface area contributed by atoms with Gasteiger partial charge in [-0.15, -0.1) is 0 Å². The lowest BCUT2D eigenvalue weighted by Crippen LogP contribution is -2.53. The largest absolute Gasteiger partial charge is 0.350 e. The number of benzene rings is 2. The monoisotopic (exact) mass is 549 g/mol. The number of hydrogen-bond acceptors (Lipinski definition) is 4. The molecular weight excluding hydrogens is 510 g/mol. The first-order valence-corrected chi connectivity index (χ1v) is 14.8. The number of halogens is 1. The van der Waals surface area contributed by atoms with Gasteiger partial charge in [0.1, 0.15) is 6.04 Å². The second kappa shape index (κ2) is 12.8. The summed E-state index contributed by atoms with van der Waals surface area (Å²) in [6, 6.07) is 12.3. The van der Waals surface area contributed by atoms with E-state index in [4.69, 9.17) is 11.6 Å². The van der Waals surface area contributed by atoms with Gasteiger partial charge in [-0.3, -0.25) is 13.9 Å². The second-order valence-corrected chi connectivity index (χ2v) is 12.7. The summed E-state index contributed by atoms with van der Waals surface area (Å²) in [6.45, 7) is 11.8. The maximum atomic E-state index is 13.6. The molecule has 0 saturated carbocycles. The summed E-state index contributed by atoms with van der Waals surface area (Å²) in [7, 11) is -3.60. The van der Waals surface area contributed by atoms with Crippen LogP contribution in [0.15, 0.2) is 42.5 Å². The Kier molecular flexibility index (Phi) is 10.6. The van der Waals surface area contributed by atoms with Crippen LogP contribution in [0.4, 0.5) is 5.69 Å². The number of hydrogen-bond donors (Lipinski definition) is 1. The molecule has 2 amide bonds. The maximum Gasteiger partial charge on any atom is 0.243 e. The molecular formula is C28H40ClN3O4S. The molecule has 2 aromatic carbocycles. The van der Waals surface area contributed by atoms with Gasteiger partial charge in [0.05, 0.1) is 11.9 Å². The number of carbonyl (C=O) groups is 2. The molecule has 0 fully saturated rings. The minimum Gasteiger partial charge on any atom is -0.350 e. The molecule has 0 bridgehead atoms. The van der Waals surface area contributed by atoms with Crippen LogP contribution < -0.4 is 9.62 Å². The van der Waals surface area contributed by atoms with Crippen molar-refractivity contribution in [1.29, 1.82) is 0 Å². The van der Waals surface area contributed by atoms with Gasteiger partial charge in [0, 0.05) is 30.1 Å². The number of amides is 2. The van der Waals surface area contributed by atoms with Crippen molar-refractivity contribution in [1.82, 2.24) is 10.2 Å². The van der Waals surface area contributed by atoms with Gasteiger partial charge in [0.2, 0.25) is 21.8 Å². The molecule has 9 heteroatoms. The molecule has 2 aromatic rings. The van der Waals surface area contributed by atoms with E-state index in [2.05, 4.69) is 5.32 Å². The van der Waals surface area contributed by atoms with E-state index in [-0.39, 0.29) is 24.8 Å². The van der Waals surface area contributed by atoms with E-state index < -0.39 is 21.6 Å². The Morgan fingerprint density at radius 3 is 2.27 bits per heavy atom. The second-order valence-electron chi connectivity index (χ2n) is 10.4. The fourth-order valence-corrected chi connectivity index (χ4v) is 5.38. The summed E-state index contributed by atoms with van der Waals surface area (Å²) in [5, 5.41) is 3.47. The zero-order valence-corrected chi connectivity index (χ0v) is 24.5. The highest BCUT2D eigenvalue weighted by Gasteiger charge is 2.31. The van der Waals surface area contributed by atoms with Crippen LogP contribution >= 0.6 is 11.6 Å². The molecule has 1 atom stereocenters. The average molecular weight is 550 g/mol. The van der Waals surface area contributed by atoms with Crippen LogP contribution in [0.2, 0.25) is 5.02 Å². The standard InChI is InChI=1S/C28H40ClN3O4S/c1-8-24(27(34)30-28(4,5)6)31(19-22-14-10-9-13-20(22)2)26(33)17-12-18-32(37(7,35)36)25-16-11-15-23(29)21(25)3/h9-11,13-16,24H,8,12,17-19H2,1-7H3,(H,30,34)/t24-/m1/s1. The first-order valence-electron chi connectivity index (χ1n) is 12.5. The van der Waals surface area contributed by atoms with Crippen LogP contribution in [0.25, 0.3) is 0 Å². The van der Waals surface area contributed by atoms with Crippen LogP contribution in [-0.4, -0.2) is 49.5 Å². The summed E-state index contributed by atoms with van der Waals surface area (Å²) in [4.78, 5) is 28.4. The summed E-state index contributed by atoms with van der Waals surface area (Å²) >= 11 is 6.23. The van der Waals surface area contributed by atoms with Crippen LogP contribution in [-0.2, 0) is 26.2 Å². The van der Waals surface area contributed by atoms with E-state index >= 15 is 0 Å². The third-order valence-electron chi connectivity index (χ3n) is 6.15. The molecule has 37 heavy (non-hydrogen) atoms. The van der Waals surface area contributed by atoms with E-state index in [0.717, 1.165) is 17.4 Å². The molecule has 0 aromatic heterocycles. The quantitative estimate of drug-likeness (QED) is 0.416. The highest BCUT2D eigenvalue weighted by Crippen LogP contribution is 2.28. The first-order chi connectivity index (χ1) is 17.2. The summed E-state index contributed by atoms with van der Waals surface area (Å²) in [5.74, 6) is -0.403. The van der Waals surface area contributed by atoms with E-state index in [9.17, 15) is 18.0 Å². The predicted molar refractivity (Wildman–Crippen MR) is 151 cm³/mol. The van der Waals surface area contributed by atoms with Crippen molar-refractivity contribution in [2.45, 2.75) is 78.9 Å². The van der Waals surface area contributed by atoms with Crippen molar-refractivity contribution < 1.29 is 18.0 Å². The molecule has 2 rings (SSSR count). The minimum absolute atomic E-state index is 0.0941. The predicted octanol–water partition coefficient (Wildman–Crippen LogP) is 5.23. The fraction of sp³-hybridized carbons (Fsp3) is 0.500. The Balaban J connectivity index is 2.29. The van der Waals surface area contributed by atoms with Gasteiger partial charge in [0.25, 0.3) is 0 Å². The van der Waals surface area contributed by atoms with Crippen molar-refractivity contribution in [2.75, 3.05) is 17.1 Å². The molecule has 0 saturated heterocycles. The number of anilines is 1. The third kappa shape index (κ3) is 8.75. The molecule has 0 unspecified atom stereocenters. The lowest BCUT2D eigenvalue weighted by Gasteiger charge is -2.33. The Labute approximate surface area is 227 Å². The Hall–Kier alpha value is -2.58. The van der Waals surface area contributed by atoms with Crippen molar-refractivity contribution >= 4 is 39.1 Å². The Bertz CT molecular complexity index is 1210. The van der Waals surface area contributed by atoms with Gasteiger partial charge in [-0.05, 0) is 76.3 Å². The van der Waals surface area contributed by atoms with Gasteiger partial charge in [0.15, 0.2) is 0 Å². The summed E-state index contributed by atoms with van der Waals surface area (Å²) < 4.78 is 26.5. The van der Waals surface area contributed by atoms with E-state index in [0.29, 0.717) is 35.7 Å². The van der Waals surface area contributed by atoms with Crippen LogP contribution in [0.5, 0.6) is 0 Å². The van der Waals surface area contributed by atoms with Gasteiger partial charge in [-0.2, -0.15) is 0 Å². The van der Waals surface area contributed by atoms with Gasteiger partial charge < -0.3 is 10.2 Å². The molecule has 0 spiro atoms. The molecule has 0 aliphatic heterocycles. The van der Waals surface area contributed by atoms with Gasteiger partial charge >= 0.3 is 0 Å². The highest BCUT2D eigenvalue weighted by atomic mass is 35.5. The summed E-state index contributed by atoms with van der Waals surface area (Å²) in [6.07, 6.45) is 1.98.